The van der Waals surface area contributed by atoms with Crippen LogP contribution in [0.15, 0.2) is 152 Å². The lowest BCUT2D eigenvalue weighted by molar-refractivity contribution is 0.483. The van der Waals surface area contributed by atoms with E-state index >= 15 is 0 Å². The summed E-state index contributed by atoms with van der Waals surface area (Å²) in [5.41, 5.74) is 9.05. The van der Waals surface area contributed by atoms with Crippen molar-refractivity contribution in [2.75, 3.05) is 11.9 Å². The van der Waals surface area contributed by atoms with E-state index in [2.05, 4.69) is 168 Å². The van der Waals surface area contributed by atoms with Gasteiger partial charge in [0.15, 0.2) is 0 Å². The van der Waals surface area contributed by atoms with Gasteiger partial charge in [0, 0.05) is 57.5 Å². The van der Waals surface area contributed by atoms with Gasteiger partial charge in [-0.1, -0.05) is 96.1 Å². The SMILES string of the molecule is Cc1cccc(C)c1B1N(C)c2ccc(Oc3ccc4c5cccc6c7ccccc7c7ccccc7c7cccnc7n(c4c3)c65)cc2-c2nccn21. The van der Waals surface area contributed by atoms with Crippen molar-refractivity contribution in [3.8, 4) is 22.9 Å². The molecule has 0 radical (unpaired) electrons. The highest BCUT2D eigenvalue weighted by Crippen LogP contribution is 2.41. The fourth-order valence-corrected chi connectivity index (χ4v) is 9.04. The van der Waals surface area contributed by atoms with Crippen LogP contribution in [-0.2, 0) is 0 Å². The van der Waals surface area contributed by atoms with Crippen molar-refractivity contribution < 1.29 is 4.74 Å². The number of para-hydroxylation sites is 1. The molecule has 0 saturated heterocycles. The number of ether oxygens (including phenoxy) is 1. The summed E-state index contributed by atoms with van der Waals surface area (Å²) < 4.78 is 11.4. The van der Waals surface area contributed by atoms with Gasteiger partial charge in [0.1, 0.15) is 23.0 Å². The molecule has 0 atom stereocenters. The fraction of sp³-hybridized carbons (Fsp3) is 0.0638. The Morgan fingerprint density at radius 1 is 0.556 bits per heavy atom. The van der Waals surface area contributed by atoms with Gasteiger partial charge in [0.2, 0.25) is 0 Å². The van der Waals surface area contributed by atoms with E-state index < -0.39 is 0 Å². The van der Waals surface area contributed by atoms with Crippen molar-refractivity contribution in [1.82, 2.24) is 18.8 Å². The molecule has 0 N–H and O–H groups in total. The van der Waals surface area contributed by atoms with Gasteiger partial charge in [-0.05, 0) is 90.4 Å². The maximum atomic E-state index is 6.76. The first-order valence-electron chi connectivity index (χ1n) is 18.4. The zero-order chi connectivity index (χ0) is 36.1. The maximum Gasteiger partial charge on any atom is 0.417 e. The van der Waals surface area contributed by atoms with E-state index in [9.17, 15) is 0 Å². The van der Waals surface area contributed by atoms with Gasteiger partial charge in [-0.25, -0.2) is 9.97 Å². The van der Waals surface area contributed by atoms with Crippen LogP contribution in [0.2, 0.25) is 0 Å². The molecule has 54 heavy (non-hydrogen) atoms. The van der Waals surface area contributed by atoms with E-state index in [1.165, 1.54) is 43.5 Å². The minimum atomic E-state index is 0.00337. The molecule has 0 aliphatic carbocycles. The molecule has 4 aromatic heterocycles. The number of nitrogens with zero attached hydrogens (tertiary/aromatic N) is 5. The number of anilines is 1. The number of aromatic nitrogens is 4. The van der Waals surface area contributed by atoms with Crippen LogP contribution in [0.1, 0.15) is 11.1 Å². The third kappa shape index (κ3) is 4.35. The van der Waals surface area contributed by atoms with E-state index in [-0.39, 0.29) is 6.98 Å². The highest BCUT2D eigenvalue weighted by atomic mass is 16.5. The molecule has 6 nitrogen and oxygen atoms in total. The predicted molar refractivity (Wildman–Crippen MR) is 224 cm³/mol. The van der Waals surface area contributed by atoms with E-state index in [1.807, 2.05) is 18.5 Å². The monoisotopic (exact) mass is 695 g/mol. The van der Waals surface area contributed by atoms with Crippen molar-refractivity contribution in [1.29, 1.82) is 0 Å². The molecule has 5 heterocycles. The second-order valence-electron chi connectivity index (χ2n) is 14.4. The Morgan fingerprint density at radius 2 is 1.17 bits per heavy atom. The van der Waals surface area contributed by atoms with Crippen molar-refractivity contribution in [2.24, 2.45) is 0 Å². The van der Waals surface area contributed by atoms with E-state index in [1.54, 1.807) is 0 Å². The molecule has 1 aliphatic heterocycles. The van der Waals surface area contributed by atoms with E-state index in [0.717, 1.165) is 61.4 Å². The second kappa shape index (κ2) is 11.6. The Labute approximate surface area is 312 Å². The molecular weight excluding hydrogens is 661 g/mol. The predicted octanol–water partition coefficient (Wildman–Crippen LogP) is 10.6. The van der Waals surface area contributed by atoms with E-state index in [0.29, 0.717) is 0 Å². The Balaban J connectivity index is 1.12. The highest BCUT2D eigenvalue weighted by Gasteiger charge is 2.37. The third-order valence-corrected chi connectivity index (χ3v) is 11.4. The number of aryl methyl sites for hydroxylation is 2. The maximum absolute atomic E-state index is 6.76. The van der Waals surface area contributed by atoms with Crippen LogP contribution >= 0.6 is 0 Å². The summed E-state index contributed by atoms with van der Waals surface area (Å²) in [4.78, 5) is 12.3. The summed E-state index contributed by atoms with van der Waals surface area (Å²) in [7, 11) is 2.17. The van der Waals surface area contributed by atoms with Crippen LogP contribution < -0.4 is 15.0 Å². The van der Waals surface area contributed by atoms with Crippen molar-refractivity contribution >= 4 is 77.9 Å². The summed E-state index contributed by atoms with van der Waals surface area (Å²) >= 11 is 0. The first-order valence-corrected chi connectivity index (χ1v) is 18.4. The molecule has 0 unspecified atom stereocenters. The van der Waals surface area contributed by atoms with Gasteiger partial charge >= 0.3 is 6.98 Å². The molecule has 6 aromatic carbocycles. The van der Waals surface area contributed by atoms with Crippen LogP contribution in [0.3, 0.4) is 0 Å². The largest absolute Gasteiger partial charge is 0.457 e. The summed E-state index contributed by atoms with van der Waals surface area (Å²) in [5.74, 6) is 2.43. The molecule has 10 aromatic rings. The highest BCUT2D eigenvalue weighted by molar-refractivity contribution is 6.77. The molecule has 256 valence electrons. The number of imidazole rings is 1. The van der Waals surface area contributed by atoms with Crippen LogP contribution in [0.25, 0.3) is 71.2 Å². The first-order chi connectivity index (χ1) is 26.5. The van der Waals surface area contributed by atoms with Crippen LogP contribution in [0.4, 0.5) is 5.69 Å². The van der Waals surface area contributed by atoms with Crippen molar-refractivity contribution in [3.63, 3.8) is 0 Å². The lowest BCUT2D eigenvalue weighted by Gasteiger charge is -2.36. The summed E-state index contributed by atoms with van der Waals surface area (Å²) in [6.45, 7) is 4.39. The lowest BCUT2D eigenvalue weighted by Crippen LogP contribution is -2.56. The molecule has 11 rings (SSSR count). The van der Waals surface area contributed by atoms with Gasteiger partial charge in [-0.3, -0.25) is 4.40 Å². The summed E-state index contributed by atoms with van der Waals surface area (Å²) in [5, 5.41) is 9.32. The average molecular weight is 696 g/mol. The number of fused-ring (bicyclic) bond motifs is 13. The Kier molecular flexibility index (Phi) is 6.59. The van der Waals surface area contributed by atoms with Gasteiger partial charge in [-0.15, -0.1) is 0 Å². The average Bonchev–Trinajstić information content (AvgIpc) is 3.83. The standard InChI is InChI=1S/C47H34BN5O/c1-29-11-8-12-30(2)44(29)48-51(3)42-23-21-31(27-41(42)46-50-25-26-52(46)48)54-32-20-22-37-39-18-9-17-38-35-15-6-4-13-33(35)34-14-5-7-16-36(34)40-19-10-24-49-47(40)53(45(38)39)43(37)28-32/h4-28H,1-3H3. The number of pyridine rings is 1. The van der Waals surface area contributed by atoms with Gasteiger partial charge < -0.3 is 14.0 Å². The molecule has 7 heteroatoms. The molecule has 0 bridgehead atoms. The van der Waals surface area contributed by atoms with Gasteiger partial charge in [0.25, 0.3) is 0 Å². The molecular formula is C47H34BN5O. The Morgan fingerprint density at radius 3 is 1.93 bits per heavy atom. The zero-order valence-corrected chi connectivity index (χ0v) is 30.2. The zero-order valence-electron chi connectivity index (χ0n) is 30.2. The van der Waals surface area contributed by atoms with Gasteiger partial charge in [0.05, 0.1) is 11.0 Å². The third-order valence-electron chi connectivity index (χ3n) is 11.4. The smallest absolute Gasteiger partial charge is 0.417 e. The number of hydrogen-bond acceptors (Lipinski definition) is 4. The molecule has 0 fully saturated rings. The normalized spacial score (nSPS) is 12.6. The summed E-state index contributed by atoms with van der Waals surface area (Å²) in [6, 6.07) is 47.6. The number of benzene rings is 6. The van der Waals surface area contributed by atoms with Gasteiger partial charge in [-0.2, -0.15) is 0 Å². The van der Waals surface area contributed by atoms with Crippen LogP contribution in [-0.4, -0.2) is 32.9 Å². The minimum absolute atomic E-state index is 0.00337. The lowest BCUT2D eigenvalue weighted by atomic mass is 9.60. The topological polar surface area (TPSA) is 47.6 Å². The molecule has 0 saturated carbocycles. The Hall–Kier alpha value is -6.86. The fourth-order valence-electron chi connectivity index (χ4n) is 9.04. The second-order valence-corrected chi connectivity index (χ2v) is 14.4. The van der Waals surface area contributed by atoms with Crippen LogP contribution in [0, 0.1) is 13.8 Å². The first kappa shape index (κ1) is 30.7. The number of hydrogen-bond donors (Lipinski definition) is 0. The summed E-state index contributed by atoms with van der Waals surface area (Å²) in [6.07, 6.45) is 5.87. The molecule has 0 spiro atoms. The van der Waals surface area contributed by atoms with Crippen molar-refractivity contribution in [2.45, 2.75) is 13.8 Å². The molecule has 1 aliphatic rings. The van der Waals surface area contributed by atoms with E-state index in [4.69, 9.17) is 14.7 Å². The van der Waals surface area contributed by atoms with Crippen molar-refractivity contribution in [3.05, 3.63) is 163 Å². The van der Waals surface area contributed by atoms with Crippen LogP contribution in [0.5, 0.6) is 11.5 Å². The minimum Gasteiger partial charge on any atom is -0.457 e. The number of rotatable bonds is 3. The molecule has 0 amide bonds. The quantitative estimate of drug-likeness (QED) is 0.173. The Bertz CT molecular complexity index is 3200.